The number of halogens is 1. The molecule has 0 radical (unpaired) electrons. The molecule has 0 bridgehead atoms. The topological polar surface area (TPSA) is 132 Å². The second-order valence-electron chi connectivity index (χ2n) is 8.07. The molecule has 10 nitrogen and oxygen atoms in total. The summed E-state index contributed by atoms with van der Waals surface area (Å²) >= 11 is 6.13. The third kappa shape index (κ3) is 3.56. The van der Waals surface area contributed by atoms with Crippen LogP contribution in [0, 0.1) is 0 Å². The molecule has 1 saturated carbocycles. The number of nitrogens with one attached hydrogen (secondary N) is 2. The Bertz CT molecular complexity index is 1330. The lowest BCUT2D eigenvalue weighted by molar-refractivity contribution is 0.0928. The average molecular weight is 454 g/mol. The quantitative estimate of drug-likeness (QED) is 0.452. The molecule has 32 heavy (non-hydrogen) atoms. The summed E-state index contributed by atoms with van der Waals surface area (Å²) in [5, 5.41) is 6.91. The zero-order chi connectivity index (χ0) is 22.5. The third-order valence-corrected chi connectivity index (χ3v) is 6.01. The van der Waals surface area contributed by atoms with E-state index in [0.717, 1.165) is 24.1 Å². The minimum Gasteiger partial charge on any atom is -0.480 e. The Labute approximate surface area is 187 Å². The van der Waals surface area contributed by atoms with Crippen LogP contribution in [0.4, 0.5) is 0 Å². The van der Waals surface area contributed by atoms with E-state index in [-0.39, 0.29) is 22.0 Å². The van der Waals surface area contributed by atoms with E-state index in [1.807, 2.05) is 12.1 Å². The van der Waals surface area contributed by atoms with Crippen molar-refractivity contribution in [3.8, 4) is 17.4 Å². The smallest absolute Gasteiger partial charge is 0.272 e. The Morgan fingerprint density at radius 2 is 2.12 bits per heavy atom. The largest absolute Gasteiger partial charge is 0.480 e. The number of nitrogens with zero attached hydrogens (tertiary/aromatic N) is 5. The number of carbonyl (C=O) groups is 1. The molecule has 5 rings (SSSR count). The van der Waals surface area contributed by atoms with Gasteiger partial charge in [0.15, 0.2) is 22.9 Å². The Kier molecular flexibility index (Phi) is 4.81. The van der Waals surface area contributed by atoms with Gasteiger partial charge in [-0.2, -0.15) is 0 Å². The molecule has 0 unspecified atom stereocenters. The predicted molar refractivity (Wildman–Crippen MR) is 115 cm³/mol. The van der Waals surface area contributed by atoms with Crippen LogP contribution in [0.1, 0.15) is 54.7 Å². The number of ether oxygens (including phenoxy) is 1. The molecule has 1 amide bonds. The van der Waals surface area contributed by atoms with Crippen molar-refractivity contribution in [2.75, 3.05) is 7.11 Å². The fraction of sp³-hybridized carbons (Fsp3) is 0.333. The van der Waals surface area contributed by atoms with E-state index in [2.05, 4.69) is 37.3 Å². The van der Waals surface area contributed by atoms with Crippen molar-refractivity contribution in [2.45, 2.75) is 38.1 Å². The maximum Gasteiger partial charge on any atom is 0.272 e. The summed E-state index contributed by atoms with van der Waals surface area (Å²) in [4.78, 5) is 32.9. The fourth-order valence-electron chi connectivity index (χ4n) is 3.39. The molecule has 11 heteroatoms. The van der Waals surface area contributed by atoms with Crippen molar-refractivity contribution in [1.82, 2.24) is 35.4 Å². The number of methoxy groups -OCH3 is 1. The van der Waals surface area contributed by atoms with E-state index in [0.29, 0.717) is 22.9 Å². The molecule has 0 spiro atoms. The monoisotopic (exact) mass is 453 g/mol. The number of hydrogen-bond donors (Lipinski definition) is 2. The first-order chi connectivity index (χ1) is 15.4. The van der Waals surface area contributed by atoms with Gasteiger partial charge in [-0.05, 0) is 31.9 Å². The first-order valence-corrected chi connectivity index (χ1v) is 10.5. The Morgan fingerprint density at radius 1 is 1.31 bits per heavy atom. The molecule has 1 aliphatic carbocycles. The van der Waals surface area contributed by atoms with E-state index >= 15 is 0 Å². The molecule has 2 N–H and O–H groups in total. The van der Waals surface area contributed by atoms with E-state index in [9.17, 15) is 4.79 Å². The number of rotatable bonds is 6. The van der Waals surface area contributed by atoms with Crippen LogP contribution < -0.4 is 10.1 Å². The van der Waals surface area contributed by atoms with Crippen molar-refractivity contribution in [2.24, 2.45) is 0 Å². The van der Waals surface area contributed by atoms with Crippen molar-refractivity contribution in [1.29, 1.82) is 0 Å². The van der Waals surface area contributed by atoms with E-state index in [1.165, 1.54) is 13.4 Å². The predicted octanol–water partition coefficient (Wildman–Crippen LogP) is 3.61. The number of imidazole rings is 1. The van der Waals surface area contributed by atoms with Gasteiger partial charge in [0.25, 0.3) is 5.91 Å². The number of aromatic amines is 1. The van der Waals surface area contributed by atoms with Crippen LogP contribution in [0.25, 0.3) is 22.7 Å². The van der Waals surface area contributed by atoms with Gasteiger partial charge in [-0.25, -0.2) is 19.9 Å². The molecule has 4 aromatic rings. The summed E-state index contributed by atoms with van der Waals surface area (Å²) in [7, 11) is 1.41. The minimum atomic E-state index is -0.496. The zero-order valence-corrected chi connectivity index (χ0v) is 18.4. The molecule has 0 saturated heterocycles. The lowest BCUT2D eigenvalue weighted by atomic mass is 10.1. The zero-order valence-electron chi connectivity index (χ0n) is 17.6. The second kappa shape index (κ2) is 7.56. The second-order valence-corrected chi connectivity index (χ2v) is 8.44. The van der Waals surface area contributed by atoms with Gasteiger partial charge in [0.1, 0.15) is 22.6 Å². The van der Waals surface area contributed by atoms with E-state index in [4.69, 9.17) is 25.8 Å². The van der Waals surface area contributed by atoms with Gasteiger partial charge < -0.3 is 19.6 Å². The number of pyridine rings is 1. The highest BCUT2D eigenvalue weighted by Crippen LogP contribution is 2.46. The fourth-order valence-corrected chi connectivity index (χ4v) is 3.65. The summed E-state index contributed by atoms with van der Waals surface area (Å²) in [6.45, 7) is 3.97. The first-order valence-electron chi connectivity index (χ1n) is 10.1. The third-order valence-electron chi connectivity index (χ3n) is 5.67. The summed E-state index contributed by atoms with van der Waals surface area (Å²) in [6.07, 6.45) is 3.51. The minimum absolute atomic E-state index is 0.00799. The number of H-pyrrole nitrogens is 1. The van der Waals surface area contributed by atoms with E-state index < -0.39 is 11.9 Å². The average Bonchev–Trinajstić information content (AvgIpc) is 3.19. The van der Waals surface area contributed by atoms with Crippen LogP contribution in [-0.2, 0) is 5.41 Å². The van der Waals surface area contributed by atoms with Gasteiger partial charge in [-0.1, -0.05) is 23.7 Å². The molecule has 164 valence electrons. The van der Waals surface area contributed by atoms with Gasteiger partial charge in [0.05, 0.1) is 13.2 Å². The number of hydrogen-bond acceptors (Lipinski definition) is 8. The Balaban J connectivity index is 1.35. The number of amides is 1. The Hall–Kier alpha value is -3.53. The number of carbonyl (C=O) groups excluding carboxylic acids is 1. The molecule has 4 aromatic heterocycles. The van der Waals surface area contributed by atoms with Gasteiger partial charge >= 0.3 is 0 Å². The molecule has 1 atom stereocenters. The van der Waals surface area contributed by atoms with E-state index in [1.54, 1.807) is 13.0 Å². The summed E-state index contributed by atoms with van der Waals surface area (Å²) < 4.78 is 10.5. The van der Waals surface area contributed by atoms with Crippen molar-refractivity contribution in [3.05, 3.63) is 46.7 Å². The maximum absolute atomic E-state index is 12.6. The number of fused-ring (bicyclic) bond motifs is 1. The molecular formula is C21H20ClN7O3. The van der Waals surface area contributed by atoms with Crippen LogP contribution >= 0.6 is 11.6 Å². The van der Waals surface area contributed by atoms with Crippen LogP contribution in [-0.4, -0.2) is 43.1 Å². The van der Waals surface area contributed by atoms with Crippen LogP contribution in [0.15, 0.2) is 29.0 Å². The highest BCUT2D eigenvalue weighted by molar-refractivity contribution is 6.34. The van der Waals surface area contributed by atoms with Gasteiger partial charge in [0.2, 0.25) is 5.88 Å². The van der Waals surface area contributed by atoms with Crippen molar-refractivity contribution in [3.63, 3.8) is 0 Å². The molecular weight excluding hydrogens is 434 g/mol. The molecule has 1 aliphatic rings. The first kappa shape index (κ1) is 20.4. The SMILES string of the molecule is COc1ncnc(C(=O)N[C@H](C)c2cc(-c3nc4ccc(C5(C)CC5)nc4[nH]3)no2)c1Cl. The molecule has 0 aliphatic heterocycles. The molecule has 1 fully saturated rings. The van der Waals surface area contributed by atoms with Crippen LogP contribution in [0.5, 0.6) is 5.88 Å². The van der Waals surface area contributed by atoms with Crippen LogP contribution in [0.2, 0.25) is 5.02 Å². The maximum atomic E-state index is 12.6. The van der Waals surface area contributed by atoms with Gasteiger partial charge in [0, 0.05) is 17.2 Å². The molecule has 0 aromatic carbocycles. The number of aromatic nitrogens is 6. The van der Waals surface area contributed by atoms with Crippen molar-refractivity contribution < 1.29 is 14.1 Å². The lowest BCUT2D eigenvalue weighted by Crippen LogP contribution is -2.27. The van der Waals surface area contributed by atoms with Gasteiger partial charge in [-0.3, -0.25) is 4.79 Å². The standard InChI is InChI=1S/C21H20ClN7O3/c1-10(25-19(30)16-15(22)20(31-3)24-9-23-16)13-8-12(29-32-13)18-26-11-4-5-14(21(2)6-7-21)27-17(11)28-18/h4-5,8-10H,6-7H2,1-3H3,(H,25,30)(H,26,27,28)/t10-/m1/s1. The molecule has 4 heterocycles. The highest BCUT2D eigenvalue weighted by atomic mass is 35.5. The summed E-state index contributed by atoms with van der Waals surface area (Å²) in [5.41, 5.74) is 3.23. The van der Waals surface area contributed by atoms with Crippen molar-refractivity contribution >= 4 is 28.7 Å². The Morgan fingerprint density at radius 3 is 2.88 bits per heavy atom. The normalized spacial score (nSPS) is 15.5. The summed E-state index contributed by atoms with van der Waals surface area (Å²) in [6, 6.07) is 5.21. The van der Waals surface area contributed by atoms with Gasteiger partial charge in [-0.15, -0.1) is 0 Å². The van der Waals surface area contributed by atoms with Crippen LogP contribution in [0.3, 0.4) is 0 Å². The summed E-state index contributed by atoms with van der Waals surface area (Å²) in [5.74, 6) is 0.627. The lowest BCUT2D eigenvalue weighted by Gasteiger charge is -2.11. The highest BCUT2D eigenvalue weighted by Gasteiger charge is 2.40.